The lowest BCUT2D eigenvalue weighted by Crippen LogP contribution is -2.07. The maximum atomic E-state index is 12.2. The Hall–Kier alpha value is -2.87. The van der Waals surface area contributed by atoms with Crippen molar-refractivity contribution < 1.29 is 14.1 Å². The summed E-state index contributed by atoms with van der Waals surface area (Å²) in [6.07, 6.45) is 6.52. The van der Waals surface area contributed by atoms with Crippen molar-refractivity contribution in [3.63, 3.8) is 0 Å². The van der Waals surface area contributed by atoms with Crippen LogP contribution >= 0.6 is 15.9 Å². The van der Waals surface area contributed by atoms with Gasteiger partial charge in [-0.1, -0.05) is 21.1 Å². The first-order valence-corrected chi connectivity index (χ1v) is 9.02. The number of nitrogens with one attached hydrogen (secondary N) is 1. The van der Waals surface area contributed by atoms with E-state index in [4.69, 9.17) is 9.26 Å². The van der Waals surface area contributed by atoms with Crippen LogP contribution in [0.25, 0.3) is 6.08 Å². The Morgan fingerprint density at radius 2 is 2.22 bits per heavy atom. The van der Waals surface area contributed by atoms with Crippen molar-refractivity contribution in [3.05, 3.63) is 63.7 Å². The number of anilines is 1. The van der Waals surface area contributed by atoms with Gasteiger partial charge in [0.25, 0.3) is 0 Å². The molecule has 3 rings (SSSR count). The van der Waals surface area contributed by atoms with Gasteiger partial charge in [-0.05, 0) is 38.1 Å². The van der Waals surface area contributed by atoms with Crippen molar-refractivity contribution in [2.24, 2.45) is 0 Å². The van der Waals surface area contributed by atoms with Crippen LogP contribution in [-0.4, -0.2) is 28.0 Å². The van der Waals surface area contributed by atoms with E-state index in [0.29, 0.717) is 18.0 Å². The fourth-order valence-corrected chi connectivity index (χ4v) is 2.97. The highest BCUT2D eigenvalue weighted by molar-refractivity contribution is 9.10. The van der Waals surface area contributed by atoms with E-state index in [1.807, 2.05) is 32.0 Å². The molecule has 3 aromatic rings. The third-order valence-corrected chi connectivity index (χ3v) is 4.50. The molecule has 0 saturated carbocycles. The topological polar surface area (TPSA) is 82.2 Å². The molecule has 0 spiro atoms. The number of benzene rings is 1. The molecule has 0 unspecified atom stereocenters. The molecule has 0 aliphatic rings. The number of amides is 1. The molecule has 1 amide bonds. The van der Waals surface area contributed by atoms with Gasteiger partial charge in [-0.15, -0.1) is 0 Å². The van der Waals surface area contributed by atoms with Crippen LogP contribution < -0.4 is 10.1 Å². The van der Waals surface area contributed by atoms with E-state index in [-0.39, 0.29) is 5.91 Å². The molecule has 140 valence electrons. The lowest BCUT2D eigenvalue weighted by molar-refractivity contribution is -0.111. The lowest BCUT2D eigenvalue weighted by Gasteiger charge is -2.05. The van der Waals surface area contributed by atoms with Crippen molar-refractivity contribution >= 4 is 33.6 Å². The van der Waals surface area contributed by atoms with Gasteiger partial charge in [0.1, 0.15) is 11.5 Å². The summed E-state index contributed by atoms with van der Waals surface area (Å²) in [5.74, 6) is 1.20. The molecule has 2 aromatic heterocycles. The maximum absolute atomic E-state index is 12.2. The van der Waals surface area contributed by atoms with Gasteiger partial charge in [-0.2, -0.15) is 5.10 Å². The zero-order chi connectivity index (χ0) is 19.4. The van der Waals surface area contributed by atoms with Gasteiger partial charge in [0.05, 0.1) is 31.2 Å². The van der Waals surface area contributed by atoms with Crippen LogP contribution in [0.2, 0.25) is 0 Å². The van der Waals surface area contributed by atoms with Crippen LogP contribution in [0.3, 0.4) is 0 Å². The third-order valence-electron chi connectivity index (χ3n) is 4.01. The number of aryl methyl sites for hydroxylation is 2. The molecular formula is C19H19BrN4O3. The molecule has 0 aliphatic heterocycles. The number of halogens is 1. The van der Waals surface area contributed by atoms with Gasteiger partial charge in [0.15, 0.2) is 0 Å². The van der Waals surface area contributed by atoms with Crippen LogP contribution in [0.4, 0.5) is 5.69 Å². The van der Waals surface area contributed by atoms with Gasteiger partial charge in [-0.3, -0.25) is 9.48 Å². The Kier molecular flexibility index (Phi) is 5.75. The van der Waals surface area contributed by atoms with E-state index >= 15 is 0 Å². The minimum Gasteiger partial charge on any atom is -0.496 e. The summed E-state index contributed by atoms with van der Waals surface area (Å²) in [5, 5.41) is 11.0. The molecule has 8 heteroatoms. The van der Waals surface area contributed by atoms with Gasteiger partial charge < -0.3 is 14.6 Å². The molecule has 7 nitrogen and oxygen atoms in total. The average Bonchev–Trinajstić information content (AvgIpc) is 3.21. The summed E-state index contributed by atoms with van der Waals surface area (Å²) in [6, 6.07) is 5.59. The first-order valence-electron chi connectivity index (χ1n) is 8.23. The van der Waals surface area contributed by atoms with E-state index in [2.05, 4.69) is 31.5 Å². The summed E-state index contributed by atoms with van der Waals surface area (Å²) < 4.78 is 13.1. The Labute approximate surface area is 165 Å². The first-order chi connectivity index (χ1) is 13.0. The molecule has 0 radical (unpaired) electrons. The molecule has 2 heterocycles. The smallest absolute Gasteiger partial charge is 0.248 e. The van der Waals surface area contributed by atoms with Gasteiger partial charge in [0.2, 0.25) is 5.91 Å². The Morgan fingerprint density at radius 1 is 1.41 bits per heavy atom. The highest BCUT2D eigenvalue weighted by Crippen LogP contribution is 2.24. The number of rotatable bonds is 6. The van der Waals surface area contributed by atoms with Crippen molar-refractivity contribution in [3.8, 4) is 5.75 Å². The molecule has 1 aromatic carbocycles. The molecule has 0 fully saturated rings. The second kappa shape index (κ2) is 8.22. The molecule has 0 bridgehead atoms. The average molecular weight is 431 g/mol. The number of hydrogen-bond donors (Lipinski definition) is 1. The number of nitrogens with zero attached hydrogens (tertiary/aromatic N) is 3. The zero-order valence-corrected chi connectivity index (χ0v) is 16.8. The number of carbonyl (C=O) groups excluding carboxylic acids is 1. The van der Waals surface area contributed by atoms with E-state index in [1.54, 1.807) is 30.3 Å². The van der Waals surface area contributed by atoms with Crippen molar-refractivity contribution in [2.75, 3.05) is 12.4 Å². The van der Waals surface area contributed by atoms with Crippen LogP contribution in [0, 0.1) is 13.8 Å². The number of ether oxygens (including phenoxy) is 1. The van der Waals surface area contributed by atoms with Crippen LogP contribution in [0.15, 0.2) is 45.7 Å². The second-order valence-corrected chi connectivity index (χ2v) is 6.85. The highest BCUT2D eigenvalue weighted by Gasteiger charge is 2.11. The predicted molar refractivity (Wildman–Crippen MR) is 106 cm³/mol. The van der Waals surface area contributed by atoms with Gasteiger partial charge in [-0.25, -0.2) is 0 Å². The molecular weight excluding hydrogens is 412 g/mol. The van der Waals surface area contributed by atoms with Crippen molar-refractivity contribution in [1.29, 1.82) is 0 Å². The first kappa shape index (κ1) is 18.9. The number of methoxy groups -OCH3 is 1. The lowest BCUT2D eigenvalue weighted by atomic mass is 10.2. The summed E-state index contributed by atoms with van der Waals surface area (Å²) >= 11 is 3.41. The van der Waals surface area contributed by atoms with Crippen LogP contribution in [-0.2, 0) is 11.3 Å². The van der Waals surface area contributed by atoms with E-state index in [9.17, 15) is 4.79 Å². The minimum absolute atomic E-state index is 0.256. The third kappa shape index (κ3) is 4.65. The summed E-state index contributed by atoms with van der Waals surface area (Å²) in [6.45, 7) is 4.28. The minimum atomic E-state index is -0.256. The SMILES string of the molecule is COc1ccc(Br)cc1C=CC(=O)Nc1cnn(Cc2c(C)noc2C)c1. The predicted octanol–water partition coefficient (Wildman–Crippen LogP) is 3.96. The van der Waals surface area contributed by atoms with Crippen molar-refractivity contribution in [1.82, 2.24) is 14.9 Å². The Morgan fingerprint density at radius 3 is 2.93 bits per heavy atom. The fraction of sp³-hybridized carbons (Fsp3) is 0.211. The highest BCUT2D eigenvalue weighted by atomic mass is 79.9. The second-order valence-electron chi connectivity index (χ2n) is 5.94. The van der Waals surface area contributed by atoms with E-state index < -0.39 is 0 Å². The number of hydrogen-bond acceptors (Lipinski definition) is 5. The molecule has 0 atom stereocenters. The summed E-state index contributed by atoms with van der Waals surface area (Å²) in [5.41, 5.74) is 3.23. The molecule has 27 heavy (non-hydrogen) atoms. The van der Waals surface area contributed by atoms with Crippen LogP contribution in [0.5, 0.6) is 5.75 Å². The quantitative estimate of drug-likeness (QED) is 0.598. The van der Waals surface area contributed by atoms with E-state index in [0.717, 1.165) is 27.1 Å². The van der Waals surface area contributed by atoms with Gasteiger partial charge >= 0.3 is 0 Å². The largest absolute Gasteiger partial charge is 0.496 e. The standard InChI is InChI=1S/C19H19BrN4O3/c1-12-17(13(2)27-23-12)11-24-10-16(9-21-24)22-19(25)7-4-14-8-15(20)5-6-18(14)26-3/h4-10H,11H2,1-3H3,(H,22,25). The number of aromatic nitrogens is 3. The van der Waals surface area contributed by atoms with Gasteiger partial charge in [0, 0.05) is 27.9 Å². The molecule has 0 saturated heterocycles. The fourth-order valence-electron chi connectivity index (χ4n) is 2.59. The zero-order valence-electron chi connectivity index (χ0n) is 15.2. The molecule has 0 aliphatic carbocycles. The Balaban J connectivity index is 1.65. The summed E-state index contributed by atoms with van der Waals surface area (Å²) in [4.78, 5) is 12.2. The Bertz CT molecular complexity index is 971. The normalized spacial score (nSPS) is 11.1. The van der Waals surface area contributed by atoms with Crippen molar-refractivity contribution in [2.45, 2.75) is 20.4 Å². The monoisotopic (exact) mass is 430 g/mol. The maximum Gasteiger partial charge on any atom is 0.248 e. The number of carbonyl (C=O) groups is 1. The van der Waals surface area contributed by atoms with Crippen LogP contribution in [0.1, 0.15) is 22.6 Å². The molecule has 1 N–H and O–H groups in total. The van der Waals surface area contributed by atoms with E-state index in [1.165, 1.54) is 6.08 Å². The summed E-state index contributed by atoms with van der Waals surface area (Å²) in [7, 11) is 1.59.